The van der Waals surface area contributed by atoms with Crippen LogP contribution < -0.4 is 5.32 Å². The van der Waals surface area contributed by atoms with Gasteiger partial charge in [-0.2, -0.15) is 0 Å². The summed E-state index contributed by atoms with van der Waals surface area (Å²) in [5, 5.41) is 12.9. The van der Waals surface area contributed by atoms with Crippen LogP contribution in [0.5, 0.6) is 0 Å². The average Bonchev–Trinajstić information content (AvgIpc) is 3.22. The van der Waals surface area contributed by atoms with Crippen molar-refractivity contribution in [2.45, 2.75) is 25.7 Å². The molecule has 1 aromatic carbocycles. The van der Waals surface area contributed by atoms with E-state index in [4.69, 9.17) is 9.52 Å². The van der Waals surface area contributed by atoms with Crippen molar-refractivity contribution in [1.29, 1.82) is 0 Å². The highest BCUT2D eigenvalue weighted by atomic mass is 16.4. The number of carboxylic acids is 1. The molecular formula is C25H24N4O3. The maximum absolute atomic E-state index is 10.7. The van der Waals surface area contributed by atoms with Crippen LogP contribution in [0.4, 0.5) is 5.82 Å². The fourth-order valence-corrected chi connectivity index (χ4v) is 3.56. The molecule has 0 aliphatic rings. The fraction of sp³-hybridized carbons (Fsp3) is 0.200. The normalized spacial score (nSPS) is 10.9. The Hall–Kier alpha value is -4.00. The van der Waals surface area contributed by atoms with Crippen molar-refractivity contribution in [2.24, 2.45) is 0 Å². The van der Waals surface area contributed by atoms with Crippen molar-refractivity contribution in [3.05, 3.63) is 67.1 Å². The quantitative estimate of drug-likeness (QED) is 0.315. The first kappa shape index (κ1) is 21.2. The van der Waals surface area contributed by atoms with Crippen molar-refractivity contribution in [3.63, 3.8) is 0 Å². The summed E-state index contributed by atoms with van der Waals surface area (Å²) in [4.78, 5) is 24.1. The number of benzene rings is 1. The number of anilines is 1. The van der Waals surface area contributed by atoms with Crippen LogP contribution in [0.1, 0.15) is 31.2 Å². The molecule has 3 aromatic heterocycles. The molecule has 0 fully saturated rings. The second kappa shape index (κ2) is 9.87. The molecule has 0 amide bonds. The molecule has 0 radical (unpaired) electrons. The van der Waals surface area contributed by atoms with Crippen molar-refractivity contribution in [1.82, 2.24) is 15.0 Å². The van der Waals surface area contributed by atoms with E-state index in [1.165, 1.54) is 6.33 Å². The van der Waals surface area contributed by atoms with Gasteiger partial charge in [-0.15, -0.1) is 0 Å². The molecule has 3 heterocycles. The number of hydrogen-bond donors (Lipinski definition) is 2. The smallest absolute Gasteiger partial charge is 0.303 e. The van der Waals surface area contributed by atoms with Gasteiger partial charge in [-0.25, -0.2) is 9.97 Å². The average molecular weight is 428 g/mol. The Bertz CT molecular complexity index is 1220. The summed E-state index contributed by atoms with van der Waals surface area (Å²) in [6.07, 6.45) is 7.51. The number of carbonyl (C=O) groups is 1. The highest BCUT2D eigenvalue weighted by molar-refractivity contribution is 6.05. The number of pyridine rings is 1. The van der Waals surface area contributed by atoms with Gasteiger partial charge in [-0.1, -0.05) is 55.5 Å². The lowest BCUT2D eigenvalue weighted by Gasteiger charge is -2.08. The summed E-state index contributed by atoms with van der Waals surface area (Å²) in [5.74, 6) is 0.593. The molecule has 0 saturated carbocycles. The van der Waals surface area contributed by atoms with Gasteiger partial charge in [0.2, 0.25) is 5.71 Å². The lowest BCUT2D eigenvalue weighted by atomic mass is 10.0. The van der Waals surface area contributed by atoms with Crippen LogP contribution in [0.2, 0.25) is 0 Å². The molecule has 0 atom stereocenters. The molecule has 0 unspecified atom stereocenters. The van der Waals surface area contributed by atoms with Gasteiger partial charge in [0.05, 0.1) is 16.6 Å². The predicted molar refractivity (Wildman–Crippen MR) is 125 cm³/mol. The minimum absolute atomic E-state index is 0.191. The fourth-order valence-electron chi connectivity index (χ4n) is 3.56. The number of rotatable bonds is 10. The Kier molecular flexibility index (Phi) is 6.55. The molecule has 0 bridgehead atoms. The number of hydrogen-bond acceptors (Lipinski definition) is 6. The van der Waals surface area contributed by atoms with Gasteiger partial charge in [0, 0.05) is 24.7 Å². The molecule has 0 aliphatic heterocycles. The minimum Gasteiger partial charge on any atom is -0.481 e. The van der Waals surface area contributed by atoms with E-state index in [0.29, 0.717) is 30.3 Å². The highest BCUT2D eigenvalue weighted by Gasteiger charge is 2.22. The standard InChI is InChI=1S/C25H24N4O3/c1-2-17-12-13-19(27-15-17)21-22-24(26-14-8-4-7-11-20(30)31)28-16-29-25(22)32-23(21)18-9-5-3-6-10-18/h2-3,5-6,9-10,12-13,15-16H,1,4,7-8,11,14H2,(H,30,31)(H,26,28,29). The van der Waals surface area contributed by atoms with E-state index in [2.05, 4.69) is 26.8 Å². The Morgan fingerprint density at radius 2 is 1.91 bits per heavy atom. The molecule has 0 aliphatic carbocycles. The Balaban J connectivity index is 1.71. The molecule has 2 N–H and O–H groups in total. The van der Waals surface area contributed by atoms with E-state index in [0.717, 1.165) is 40.6 Å². The second-order valence-corrected chi connectivity index (χ2v) is 7.39. The number of fused-ring (bicyclic) bond motifs is 1. The van der Waals surface area contributed by atoms with Gasteiger partial charge in [0.15, 0.2) is 0 Å². The highest BCUT2D eigenvalue weighted by Crippen LogP contribution is 2.41. The largest absolute Gasteiger partial charge is 0.481 e. The Labute approximate surface area is 185 Å². The zero-order valence-electron chi connectivity index (χ0n) is 17.6. The van der Waals surface area contributed by atoms with Crippen molar-refractivity contribution in [3.8, 4) is 22.6 Å². The molecule has 7 heteroatoms. The molecule has 162 valence electrons. The lowest BCUT2D eigenvalue weighted by Crippen LogP contribution is -2.05. The number of carboxylic acid groups (broad SMARTS) is 1. The summed E-state index contributed by atoms with van der Waals surface area (Å²) in [6.45, 7) is 4.46. The first-order valence-corrected chi connectivity index (χ1v) is 10.5. The molecular weight excluding hydrogens is 404 g/mol. The second-order valence-electron chi connectivity index (χ2n) is 7.39. The summed E-state index contributed by atoms with van der Waals surface area (Å²) < 4.78 is 6.19. The van der Waals surface area contributed by atoms with E-state index in [1.807, 2.05) is 42.5 Å². The first-order chi connectivity index (χ1) is 15.7. The molecule has 0 spiro atoms. The number of nitrogens with zero attached hydrogens (tertiary/aromatic N) is 3. The van der Waals surface area contributed by atoms with Crippen LogP contribution in [0, 0.1) is 0 Å². The van der Waals surface area contributed by atoms with Crippen LogP contribution in [0.3, 0.4) is 0 Å². The van der Waals surface area contributed by atoms with E-state index < -0.39 is 5.97 Å². The zero-order valence-corrected chi connectivity index (χ0v) is 17.6. The molecule has 4 aromatic rings. The third-order valence-corrected chi connectivity index (χ3v) is 5.16. The van der Waals surface area contributed by atoms with Crippen molar-refractivity contribution < 1.29 is 14.3 Å². The van der Waals surface area contributed by atoms with Gasteiger partial charge < -0.3 is 14.8 Å². The monoisotopic (exact) mass is 428 g/mol. The summed E-state index contributed by atoms with van der Waals surface area (Å²) in [5.41, 5.74) is 3.92. The molecule has 7 nitrogen and oxygen atoms in total. The Morgan fingerprint density at radius 3 is 2.62 bits per heavy atom. The first-order valence-electron chi connectivity index (χ1n) is 10.5. The topological polar surface area (TPSA) is 101 Å². The predicted octanol–water partition coefficient (Wildman–Crippen LogP) is 5.65. The van der Waals surface area contributed by atoms with Gasteiger partial charge in [0.25, 0.3) is 0 Å². The van der Waals surface area contributed by atoms with Crippen LogP contribution in [-0.2, 0) is 4.79 Å². The minimum atomic E-state index is -0.762. The van der Waals surface area contributed by atoms with E-state index >= 15 is 0 Å². The van der Waals surface area contributed by atoms with Crippen molar-refractivity contribution in [2.75, 3.05) is 11.9 Å². The van der Waals surface area contributed by atoms with Crippen LogP contribution in [0.25, 0.3) is 39.8 Å². The SMILES string of the molecule is C=Cc1ccc(-c2c(-c3ccccc3)oc3ncnc(NCCCCCC(=O)O)c23)nc1. The number of nitrogens with one attached hydrogen (secondary N) is 1. The van der Waals surface area contributed by atoms with Crippen LogP contribution in [0.15, 0.2) is 66.0 Å². The van der Waals surface area contributed by atoms with Gasteiger partial charge >= 0.3 is 5.97 Å². The van der Waals surface area contributed by atoms with Gasteiger partial charge in [0.1, 0.15) is 17.9 Å². The molecule has 32 heavy (non-hydrogen) atoms. The maximum Gasteiger partial charge on any atom is 0.303 e. The maximum atomic E-state index is 10.7. The number of furan rings is 1. The van der Waals surface area contributed by atoms with Gasteiger partial charge in [-0.05, 0) is 24.5 Å². The third-order valence-electron chi connectivity index (χ3n) is 5.16. The Morgan fingerprint density at radius 1 is 1.06 bits per heavy atom. The zero-order chi connectivity index (χ0) is 22.3. The summed E-state index contributed by atoms with van der Waals surface area (Å²) in [6, 6.07) is 13.8. The number of aliphatic carboxylic acids is 1. The van der Waals surface area contributed by atoms with E-state index in [1.54, 1.807) is 12.3 Å². The van der Waals surface area contributed by atoms with Gasteiger partial charge in [-0.3, -0.25) is 9.78 Å². The lowest BCUT2D eigenvalue weighted by molar-refractivity contribution is -0.137. The summed E-state index contributed by atoms with van der Waals surface area (Å²) in [7, 11) is 0. The van der Waals surface area contributed by atoms with E-state index in [9.17, 15) is 4.79 Å². The third kappa shape index (κ3) is 4.67. The van der Waals surface area contributed by atoms with E-state index in [-0.39, 0.29) is 6.42 Å². The van der Waals surface area contributed by atoms with Crippen molar-refractivity contribution >= 4 is 29.0 Å². The number of aromatic nitrogens is 3. The molecule has 0 saturated heterocycles. The summed E-state index contributed by atoms with van der Waals surface area (Å²) >= 11 is 0. The number of unbranched alkanes of at least 4 members (excludes halogenated alkanes) is 2. The van der Waals surface area contributed by atoms with Crippen LogP contribution >= 0.6 is 0 Å². The van der Waals surface area contributed by atoms with Crippen LogP contribution in [-0.4, -0.2) is 32.6 Å². The molecule has 4 rings (SSSR count).